The molecule has 0 saturated carbocycles. The Morgan fingerprint density at radius 3 is 2.43 bits per heavy atom. The number of nitrogens with one attached hydrogen (secondary N) is 1. The molecular formula is C24H28ClNO4. The van der Waals surface area contributed by atoms with Gasteiger partial charge in [0, 0.05) is 24.1 Å². The summed E-state index contributed by atoms with van der Waals surface area (Å²) in [5.41, 5.74) is 1.32. The highest BCUT2D eigenvalue weighted by molar-refractivity contribution is 5.80. The fourth-order valence-electron chi connectivity index (χ4n) is 3.94. The van der Waals surface area contributed by atoms with Crippen molar-refractivity contribution in [2.45, 2.75) is 25.7 Å². The number of hydrogen-bond donors (Lipinski definition) is 1. The maximum Gasteiger partial charge on any atom is 0.193 e. The van der Waals surface area contributed by atoms with Crippen LogP contribution in [0, 0.1) is 0 Å². The standard InChI is InChI=1S/C24H27NO4.ClH/c1-27-19-8-6-18(7-9-19)23-17-22(26)21-11-10-20(16-24(21)29-23)28-15-5-14-25-12-3-2-4-13-25;/h6-11,16-17H,2-5,12-15H2,1H3;1H. The van der Waals surface area contributed by atoms with Crippen molar-refractivity contribution in [1.82, 2.24) is 0 Å². The molecule has 0 radical (unpaired) electrons. The molecule has 6 heteroatoms. The van der Waals surface area contributed by atoms with Crippen molar-refractivity contribution in [3.8, 4) is 22.8 Å². The lowest BCUT2D eigenvalue weighted by Crippen LogP contribution is -3.12. The fraction of sp³-hybridized carbons (Fsp3) is 0.375. The molecule has 0 spiro atoms. The van der Waals surface area contributed by atoms with E-state index in [1.54, 1.807) is 18.1 Å². The van der Waals surface area contributed by atoms with Gasteiger partial charge < -0.3 is 31.2 Å². The van der Waals surface area contributed by atoms with E-state index in [-0.39, 0.29) is 17.8 Å². The molecule has 4 rings (SSSR count). The van der Waals surface area contributed by atoms with Crippen molar-refractivity contribution in [2.75, 3.05) is 33.4 Å². The summed E-state index contributed by atoms with van der Waals surface area (Å²) in [4.78, 5) is 14.2. The Labute approximate surface area is 183 Å². The van der Waals surface area contributed by atoms with Crippen molar-refractivity contribution in [1.29, 1.82) is 0 Å². The molecule has 30 heavy (non-hydrogen) atoms. The number of rotatable bonds is 7. The summed E-state index contributed by atoms with van der Waals surface area (Å²) in [6.45, 7) is 4.41. The molecule has 1 aliphatic rings. The minimum absolute atomic E-state index is 0. The van der Waals surface area contributed by atoms with Gasteiger partial charge in [-0.1, -0.05) is 0 Å². The van der Waals surface area contributed by atoms with Crippen LogP contribution in [0.5, 0.6) is 11.5 Å². The van der Waals surface area contributed by atoms with Crippen LogP contribution in [0.3, 0.4) is 0 Å². The zero-order chi connectivity index (χ0) is 20.1. The fourth-order valence-corrected chi connectivity index (χ4v) is 3.94. The van der Waals surface area contributed by atoms with Crippen LogP contribution < -0.4 is 32.2 Å². The highest BCUT2D eigenvalue weighted by Gasteiger charge is 2.13. The number of benzene rings is 2. The Morgan fingerprint density at radius 1 is 0.967 bits per heavy atom. The zero-order valence-corrected chi connectivity index (χ0v) is 18.0. The first-order chi connectivity index (χ1) is 14.2. The van der Waals surface area contributed by atoms with Crippen LogP contribution in [-0.2, 0) is 0 Å². The number of fused-ring (bicyclic) bond motifs is 1. The van der Waals surface area contributed by atoms with Crippen molar-refractivity contribution in [2.24, 2.45) is 0 Å². The van der Waals surface area contributed by atoms with Gasteiger partial charge in [0.05, 0.1) is 38.7 Å². The predicted molar refractivity (Wildman–Crippen MR) is 114 cm³/mol. The smallest absolute Gasteiger partial charge is 0.193 e. The molecular weight excluding hydrogens is 402 g/mol. The monoisotopic (exact) mass is 429 g/mol. The molecule has 1 aliphatic heterocycles. The first-order valence-electron chi connectivity index (χ1n) is 10.4. The highest BCUT2D eigenvalue weighted by atomic mass is 35.5. The quantitative estimate of drug-likeness (QED) is 0.549. The normalized spacial score (nSPS) is 14.3. The lowest BCUT2D eigenvalue weighted by molar-refractivity contribution is -0.905. The van der Waals surface area contributed by atoms with Crippen LogP contribution in [0.2, 0.25) is 0 Å². The van der Waals surface area contributed by atoms with Gasteiger partial charge in [0.15, 0.2) is 5.43 Å². The molecule has 3 aromatic rings. The Kier molecular flexibility index (Phi) is 7.77. The lowest BCUT2D eigenvalue weighted by atomic mass is 10.1. The van der Waals surface area contributed by atoms with E-state index in [2.05, 4.69) is 0 Å². The van der Waals surface area contributed by atoms with E-state index in [0.717, 1.165) is 30.0 Å². The van der Waals surface area contributed by atoms with E-state index < -0.39 is 0 Å². The van der Waals surface area contributed by atoms with Crippen molar-refractivity contribution < 1.29 is 31.2 Å². The maximum atomic E-state index is 12.5. The summed E-state index contributed by atoms with van der Waals surface area (Å²) in [5.74, 6) is 2.04. The van der Waals surface area contributed by atoms with Gasteiger partial charge in [0.2, 0.25) is 0 Å². The average molecular weight is 430 g/mol. The van der Waals surface area contributed by atoms with Crippen LogP contribution in [0.15, 0.2) is 57.7 Å². The third-order valence-electron chi connectivity index (χ3n) is 5.58. The van der Waals surface area contributed by atoms with Crippen LogP contribution in [0.25, 0.3) is 22.3 Å². The minimum atomic E-state index is -0.0580. The Hall–Kier alpha value is -2.50. The first-order valence-corrected chi connectivity index (χ1v) is 10.4. The number of halogens is 1. The summed E-state index contributed by atoms with van der Waals surface area (Å²) in [7, 11) is 1.63. The van der Waals surface area contributed by atoms with Gasteiger partial charge in [-0.25, -0.2) is 0 Å². The summed E-state index contributed by atoms with van der Waals surface area (Å²) >= 11 is 0. The van der Waals surface area contributed by atoms with Crippen molar-refractivity contribution >= 4 is 11.0 Å². The minimum Gasteiger partial charge on any atom is -1.00 e. The predicted octanol–water partition coefficient (Wildman–Crippen LogP) is 0.310. The molecule has 2 heterocycles. The lowest BCUT2D eigenvalue weighted by Gasteiger charge is -2.23. The molecule has 0 unspecified atom stereocenters. The third-order valence-corrected chi connectivity index (χ3v) is 5.58. The van der Waals surface area contributed by atoms with Crippen molar-refractivity contribution in [3.63, 3.8) is 0 Å². The Balaban J connectivity index is 0.00000256. The SMILES string of the molecule is COc1ccc(-c2cc(=O)c3ccc(OCCC[NH+]4CCCCC4)cc3o2)cc1.[Cl-]. The van der Waals surface area contributed by atoms with Gasteiger partial charge >= 0.3 is 0 Å². The molecule has 5 nitrogen and oxygen atoms in total. The van der Waals surface area contributed by atoms with Crippen LogP contribution in [0.4, 0.5) is 0 Å². The number of methoxy groups -OCH3 is 1. The summed E-state index contributed by atoms with van der Waals surface area (Å²) < 4.78 is 17.1. The Bertz CT molecular complexity index is 1010. The highest BCUT2D eigenvalue weighted by Crippen LogP contribution is 2.26. The summed E-state index contributed by atoms with van der Waals surface area (Å²) in [5, 5.41) is 0.562. The van der Waals surface area contributed by atoms with E-state index in [1.165, 1.54) is 38.4 Å². The van der Waals surface area contributed by atoms with Gasteiger partial charge in [0.1, 0.15) is 22.8 Å². The first kappa shape index (κ1) is 22.2. The molecule has 0 amide bonds. The van der Waals surface area contributed by atoms with Gasteiger partial charge in [-0.15, -0.1) is 0 Å². The molecule has 1 aromatic heterocycles. The van der Waals surface area contributed by atoms with Crippen LogP contribution in [-0.4, -0.2) is 33.4 Å². The third kappa shape index (κ3) is 5.35. The second-order valence-electron chi connectivity index (χ2n) is 7.62. The van der Waals surface area contributed by atoms with E-state index in [4.69, 9.17) is 13.9 Å². The molecule has 0 bridgehead atoms. The molecule has 0 aliphatic carbocycles. The molecule has 1 saturated heterocycles. The second-order valence-corrected chi connectivity index (χ2v) is 7.62. The Morgan fingerprint density at radius 2 is 1.70 bits per heavy atom. The molecule has 160 valence electrons. The van der Waals surface area contributed by atoms with Gasteiger partial charge in [-0.3, -0.25) is 4.79 Å². The number of ether oxygens (including phenoxy) is 2. The van der Waals surface area contributed by atoms with E-state index >= 15 is 0 Å². The van der Waals surface area contributed by atoms with Gasteiger partial charge in [0.25, 0.3) is 0 Å². The molecule has 0 atom stereocenters. The van der Waals surface area contributed by atoms with Crippen LogP contribution >= 0.6 is 0 Å². The maximum absolute atomic E-state index is 12.5. The number of quaternary nitrogens is 1. The second kappa shape index (κ2) is 10.5. The van der Waals surface area contributed by atoms with Crippen LogP contribution in [0.1, 0.15) is 25.7 Å². The van der Waals surface area contributed by atoms with E-state index in [9.17, 15) is 4.79 Å². The van der Waals surface area contributed by atoms with Gasteiger partial charge in [-0.05, 0) is 55.7 Å². The zero-order valence-electron chi connectivity index (χ0n) is 17.3. The molecule has 1 N–H and O–H groups in total. The van der Waals surface area contributed by atoms with Crippen molar-refractivity contribution in [3.05, 3.63) is 58.8 Å². The average Bonchev–Trinajstić information content (AvgIpc) is 2.77. The van der Waals surface area contributed by atoms with E-state index in [1.807, 2.05) is 36.4 Å². The van der Waals surface area contributed by atoms with Gasteiger partial charge in [-0.2, -0.15) is 0 Å². The largest absolute Gasteiger partial charge is 1.00 e. The summed E-state index contributed by atoms with van der Waals surface area (Å²) in [6.07, 6.45) is 5.09. The summed E-state index contributed by atoms with van der Waals surface area (Å²) in [6, 6.07) is 14.4. The number of hydrogen-bond acceptors (Lipinski definition) is 4. The number of piperidine rings is 1. The molecule has 1 fully saturated rings. The van der Waals surface area contributed by atoms with E-state index in [0.29, 0.717) is 23.3 Å². The topological polar surface area (TPSA) is 53.1 Å². The molecule has 2 aromatic carbocycles. The number of likely N-dealkylation sites (tertiary alicyclic amines) is 1.